The van der Waals surface area contributed by atoms with Crippen molar-refractivity contribution in [2.45, 2.75) is 49.6 Å². The lowest BCUT2D eigenvalue weighted by Gasteiger charge is -2.10. The van der Waals surface area contributed by atoms with Gasteiger partial charge in [0.05, 0.1) is 0 Å². The highest BCUT2D eigenvalue weighted by molar-refractivity contribution is 7.98. The maximum atomic E-state index is 14.3. The monoisotopic (exact) mass is 391 g/mol. The molecular weight excluding hydrogens is 373 g/mol. The third kappa shape index (κ3) is 3.01. The number of benzene rings is 1. The zero-order valence-corrected chi connectivity index (χ0v) is 16.0. The molecule has 0 spiro atoms. The Bertz CT molecular complexity index is 992. The maximum absolute atomic E-state index is 14.3. The summed E-state index contributed by atoms with van der Waals surface area (Å²) in [5.41, 5.74) is 0.525. The number of carboxylic acid groups (broad SMARTS) is 1. The van der Waals surface area contributed by atoms with Crippen molar-refractivity contribution in [2.24, 2.45) is 0 Å². The maximum Gasteiger partial charge on any atom is 0.346 e. The summed E-state index contributed by atoms with van der Waals surface area (Å²) in [6.45, 7) is 4.17. The van der Waals surface area contributed by atoms with Gasteiger partial charge in [0.15, 0.2) is 5.16 Å². The number of thiophene rings is 1. The van der Waals surface area contributed by atoms with Gasteiger partial charge in [-0.3, -0.25) is 0 Å². The zero-order chi connectivity index (χ0) is 18.4. The number of hydrogen-bond acceptors (Lipinski definition) is 5. The summed E-state index contributed by atoms with van der Waals surface area (Å²) in [6, 6.07) is 5.17. The predicted molar refractivity (Wildman–Crippen MR) is 101 cm³/mol. The van der Waals surface area contributed by atoms with Crippen molar-refractivity contribution in [1.82, 2.24) is 14.8 Å². The van der Waals surface area contributed by atoms with E-state index < -0.39 is 5.97 Å². The van der Waals surface area contributed by atoms with Crippen molar-refractivity contribution in [1.29, 1.82) is 0 Å². The van der Waals surface area contributed by atoms with Crippen LogP contribution in [0.25, 0.3) is 10.1 Å². The Morgan fingerprint density at radius 2 is 2.19 bits per heavy atom. The Morgan fingerprint density at radius 1 is 1.42 bits per heavy atom. The predicted octanol–water partition coefficient (Wildman–Crippen LogP) is 5.08. The molecule has 26 heavy (non-hydrogen) atoms. The summed E-state index contributed by atoms with van der Waals surface area (Å²) in [5, 5.41) is 19.3. The molecule has 8 heteroatoms. The van der Waals surface area contributed by atoms with Gasteiger partial charge in [-0.05, 0) is 30.5 Å². The normalized spacial score (nSPS) is 14.5. The van der Waals surface area contributed by atoms with Crippen LogP contribution in [0.15, 0.2) is 23.4 Å². The van der Waals surface area contributed by atoms with Crippen LogP contribution in [0.5, 0.6) is 0 Å². The molecule has 1 aromatic carbocycles. The smallest absolute Gasteiger partial charge is 0.346 e. The molecule has 136 valence electrons. The first-order chi connectivity index (χ1) is 12.5. The number of hydrogen-bond donors (Lipinski definition) is 1. The molecule has 2 aromatic heterocycles. The highest BCUT2D eigenvalue weighted by Gasteiger charge is 2.31. The van der Waals surface area contributed by atoms with E-state index in [-0.39, 0.29) is 16.6 Å². The lowest BCUT2D eigenvalue weighted by Crippen LogP contribution is -2.05. The molecule has 1 saturated carbocycles. The molecule has 2 heterocycles. The summed E-state index contributed by atoms with van der Waals surface area (Å²) < 4.78 is 17.2. The highest BCUT2D eigenvalue weighted by atomic mass is 32.2. The molecule has 1 aliphatic rings. The van der Waals surface area contributed by atoms with Gasteiger partial charge in [0.2, 0.25) is 0 Å². The summed E-state index contributed by atoms with van der Waals surface area (Å²) in [6.07, 6.45) is 2.23. The fourth-order valence-corrected chi connectivity index (χ4v) is 5.28. The number of aromatic carboxylic acids is 1. The summed E-state index contributed by atoms with van der Waals surface area (Å²) in [7, 11) is 0. The molecule has 0 saturated heterocycles. The second-order valence-electron chi connectivity index (χ2n) is 6.71. The van der Waals surface area contributed by atoms with Crippen molar-refractivity contribution >= 4 is 39.2 Å². The van der Waals surface area contributed by atoms with Crippen LogP contribution in [0.3, 0.4) is 0 Å². The number of fused-ring (bicyclic) bond motifs is 1. The molecule has 1 N–H and O–H groups in total. The minimum atomic E-state index is -1.02. The van der Waals surface area contributed by atoms with Crippen molar-refractivity contribution < 1.29 is 14.3 Å². The first-order valence-electron chi connectivity index (χ1n) is 8.48. The number of rotatable bonds is 6. The van der Waals surface area contributed by atoms with E-state index in [0.29, 0.717) is 27.4 Å². The second-order valence-corrected chi connectivity index (χ2v) is 8.71. The van der Waals surface area contributed by atoms with Crippen LogP contribution < -0.4 is 0 Å². The van der Waals surface area contributed by atoms with Gasteiger partial charge < -0.3 is 9.67 Å². The summed E-state index contributed by atoms with van der Waals surface area (Å²) in [4.78, 5) is 11.8. The van der Waals surface area contributed by atoms with Crippen LogP contribution in [-0.2, 0) is 5.75 Å². The number of aromatic nitrogens is 3. The van der Waals surface area contributed by atoms with Gasteiger partial charge in [-0.2, -0.15) is 0 Å². The van der Waals surface area contributed by atoms with Crippen LogP contribution in [-0.4, -0.2) is 25.8 Å². The molecule has 0 amide bonds. The highest BCUT2D eigenvalue weighted by Crippen LogP contribution is 2.42. The minimum Gasteiger partial charge on any atom is -0.477 e. The van der Waals surface area contributed by atoms with Crippen molar-refractivity contribution in [3.63, 3.8) is 0 Å². The molecule has 0 unspecified atom stereocenters. The van der Waals surface area contributed by atoms with E-state index in [2.05, 4.69) is 28.6 Å². The van der Waals surface area contributed by atoms with Crippen LogP contribution in [0.1, 0.15) is 59.7 Å². The van der Waals surface area contributed by atoms with Crippen molar-refractivity contribution in [2.75, 3.05) is 0 Å². The Labute approximate surface area is 158 Å². The number of nitrogens with zero attached hydrogens (tertiary/aromatic N) is 3. The number of halogens is 1. The topological polar surface area (TPSA) is 68.0 Å². The van der Waals surface area contributed by atoms with Crippen LogP contribution in [0.2, 0.25) is 0 Å². The van der Waals surface area contributed by atoms with Gasteiger partial charge in [-0.15, -0.1) is 21.5 Å². The van der Waals surface area contributed by atoms with Gasteiger partial charge in [0.25, 0.3) is 0 Å². The lowest BCUT2D eigenvalue weighted by molar-refractivity contribution is 0.0701. The molecular formula is C18H18FN3O2S2. The number of carbonyl (C=O) groups is 1. The number of carboxylic acids is 1. The Hall–Kier alpha value is -1.93. The van der Waals surface area contributed by atoms with Crippen LogP contribution >= 0.6 is 23.1 Å². The van der Waals surface area contributed by atoms with E-state index in [1.807, 2.05) is 0 Å². The van der Waals surface area contributed by atoms with Crippen LogP contribution in [0, 0.1) is 5.82 Å². The first-order valence-corrected chi connectivity index (χ1v) is 10.3. The SMILES string of the molecule is CC(C)c1nnc(SCc2c(C(=O)O)sc3cccc(F)c23)n1C1CC1. The van der Waals surface area contributed by atoms with E-state index in [0.717, 1.165) is 35.2 Å². The number of thioether (sulfide) groups is 1. The van der Waals surface area contributed by atoms with Crippen molar-refractivity contribution in [3.8, 4) is 0 Å². The third-order valence-corrected chi connectivity index (χ3v) is 6.58. The first kappa shape index (κ1) is 17.5. The average molecular weight is 391 g/mol. The largest absolute Gasteiger partial charge is 0.477 e. The third-order valence-electron chi connectivity index (χ3n) is 4.42. The summed E-state index contributed by atoms with van der Waals surface area (Å²) in [5.74, 6) is 0.174. The van der Waals surface area contributed by atoms with Gasteiger partial charge in [0, 0.05) is 27.8 Å². The zero-order valence-electron chi connectivity index (χ0n) is 14.4. The van der Waals surface area contributed by atoms with E-state index >= 15 is 0 Å². The molecule has 3 aromatic rings. The van der Waals surface area contributed by atoms with Gasteiger partial charge in [-0.25, -0.2) is 9.18 Å². The van der Waals surface area contributed by atoms with Gasteiger partial charge >= 0.3 is 5.97 Å². The molecule has 1 fully saturated rings. The molecule has 1 aliphatic carbocycles. The molecule has 0 atom stereocenters. The fourth-order valence-electron chi connectivity index (χ4n) is 3.07. The van der Waals surface area contributed by atoms with E-state index in [1.165, 1.54) is 17.8 Å². The Morgan fingerprint density at radius 3 is 2.85 bits per heavy atom. The van der Waals surface area contributed by atoms with Crippen molar-refractivity contribution in [3.05, 3.63) is 40.3 Å². The summed E-state index contributed by atoms with van der Waals surface area (Å²) >= 11 is 2.55. The van der Waals surface area contributed by atoms with E-state index in [1.54, 1.807) is 12.1 Å². The minimum absolute atomic E-state index is 0.194. The molecule has 5 nitrogen and oxygen atoms in total. The molecule has 0 bridgehead atoms. The van der Waals surface area contributed by atoms with Crippen LogP contribution in [0.4, 0.5) is 4.39 Å². The van der Waals surface area contributed by atoms with E-state index in [4.69, 9.17) is 0 Å². The average Bonchev–Trinajstić information content (AvgIpc) is 3.21. The Balaban J connectivity index is 1.71. The standard InChI is InChI=1S/C18H18FN3O2S2/c1-9(2)16-20-21-18(22(16)10-6-7-10)25-8-11-14-12(19)4-3-5-13(14)26-15(11)17(23)24/h3-5,9-10H,6-8H2,1-2H3,(H,23,24). The lowest BCUT2D eigenvalue weighted by atomic mass is 10.1. The molecule has 4 rings (SSSR count). The van der Waals surface area contributed by atoms with Gasteiger partial charge in [0.1, 0.15) is 16.5 Å². The quantitative estimate of drug-likeness (QED) is 0.594. The van der Waals surface area contributed by atoms with Gasteiger partial charge in [-0.1, -0.05) is 31.7 Å². The molecule has 0 aliphatic heterocycles. The molecule has 0 radical (unpaired) electrons. The Kier molecular flexibility index (Phi) is 4.48. The second kappa shape index (κ2) is 6.66. The van der Waals surface area contributed by atoms with E-state index in [9.17, 15) is 14.3 Å². The fraction of sp³-hybridized carbons (Fsp3) is 0.389.